The first kappa shape index (κ1) is 20.5. The van der Waals surface area contributed by atoms with E-state index in [9.17, 15) is 4.79 Å². The van der Waals surface area contributed by atoms with Crippen molar-refractivity contribution in [1.29, 1.82) is 0 Å². The summed E-state index contributed by atoms with van der Waals surface area (Å²) in [5.74, 6) is 1.27. The second-order valence-electron chi connectivity index (χ2n) is 8.47. The maximum atomic E-state index is 12.2. The predicted molar refractivity (Wildman–Crippen MR) is 108 cm³/mol. The summed E-state index contributed by atoms with van der Waals surface area (Å²) in [5, 5.41) is 0. The highest BCUT2D eigenvalue weighted by Gasteiger charge is 2.25. The molecule has 6 nitrogen and oxygen atoms in total. The molecule has 2 aromatic heterocycles. The summed E-state index contributed by atoms with van der Waals surface area (Å²) in [4.78, 5) is 21.3. The zero-order valence-corrected chi connectivity index (χ0v) is 17.4. The summed E-state index contributed by atoms with van der Waals surface area (Å²) >= 11 is 0. The minimum absolute atomic E-state index is 0.0701. The molecule has 3 heterocycles. The van der Waals surface area contributed by atoms with Crippen LogP contribution in [0.25, 0.3) is 11.3 Å². The molecule has 3 rings (SSSR count). The molecule has 0 aliphatic carbocycles. The molecule has 28 heavy (non-hydrogen) atoms. The van der Waals surface area contributed by atoms with Crippen LogP contribution in [0.1, 0.15) is 63.3 Å². The van der Waals surface area contributed by atoms with Crippen molar-refractivity contribution in [3.8, 4) is 11.3 Å². The van der Waals surface area contributed by atoms with Gasteiger partial charge in [0.15, 0.2) is 0 Å². The van der Waals surface area contributed by atoms with Gasteiger partial charge in [-0.25, -0.2) is 14.8 Å². The van der Waals surface area contributed by atoms with Crippen molar-refractivity contribution < 1.29 is 14.3 Å². The number of carbonyl (C=O) groups is 1. The SMILES string of the molecule is CCCOC(=O)c1cc(-c2cn(CC3CCOCC3)c(C(C)(C)C)n2)ccn1. The molecule has 0 amide bonds. The van der Waals surface area contributed by atoms with Gasteiger partial charge in [-0.1, -0.05) is 27.7 Å². The Morgan fingerprint density at radius 1 is 1.32 bits per heavy atom. The van der Waals surface area contributed by atoms with Crippen molar-refractivity contribution in [3.63, 3.8) is 0 Å². The smallest absolute Gasteiger partial charge is 0.356 e. The summed E-state index contributed by atoms with van der Waals surface area (Å²) < 4.78 is 13.0. The average Bonchev–Trinajstić information content (AvgIpc) is 3.11. The first-order valence-corrected chi connectivity index (χ1v) is 10.2. The molecule has 6 heteroatoms. The first-order chi connectivity index (χ1) is 13.4. The maximum absolute atomic E-state index is 12.2. The van der Waals surface area contributed by atoms with Crippen molar-refractivity contribution in [3.05, 3.63) is 36.0 Å². The van der Waals surface area contributed by atoms with E-state index >= 15 is 0 Å². The van der Waals surface area contributed by atoms with Gasteiger partial charge in [0.2, 0.25) is 0 Å². The summed E-state index contributed by atoms with van der Waals surface area (Å²) in [5.41, 5.74) is 2.00. The van der Waals surface area contributed by atoms with Crippen LogP contribution < -0.4 is 0 Å². The van der Waals surface area contributed by atoms with E-state index in [0.717, 1.165) is 56.1 Å². The summed E-state index contributed by atoms with van der Waals surface area (Å²) in [6, 6.07) is 3.66. The van der Waals surface area contributed by atoms with E-state index in [1.165, 1.54) is 0 Å². The first-order valence-electron chi connectivity index (χ1n) is 10.2. The fraction of sp³-hybridized carbons (Fsp3) is 0.591. The zero-order valence-electron chi connectivity index (χ0n) is 17.4. The number of hydrogen-bond donors (Lipinski definition) is 0. The van der Waals surface area contributed by atoms with Crippen molar-refractivity contribution >= 4 is 5.97 Å². The average molecular weight is 386 g/mol. The second kappa shape index (κ2) is 8.86. The largest absolute Gasteiger partial charge is 0.461 e. The number of esters is 1. The van der Waals surface area contributed by atoms with E-state index in [2.05, 4.69) is 36.5 Å². The van der Waals surface area contributed by atoms with Gasteiger partial charge in [0, 0.05) is 43.1 Å². The van der Waals surface area contributed by atoms with Crippen molar-refractivity contribution in [2.24, 2.45) is 5.92 Å². The fourth-order valence-corrected chi connectivity index (χ4v) is 3.47. The number of ether oxygens (including phenoxy) is 2. The highest BCUT2D eigenvalue weighted by molar-refractivity contribution is 5.88. The fourth-order valence-electron chi connectivity index (χ4n) is 3.47. The van der Waals surface area contributed by atoms with E-state index in [1.54, 1.807) is 12.3 Å². The molecule has 0 saturated carbocycles. The van der Waals surface area contributed by atoms with Crippen molar-refractivity contribution in [2.45, 2.75) is 58.9 Å². The number of imidazole rings is 1. The number of nitrogens with zero attached hydrogens (tertiary/aromatic N) is 3. The van der Waals surface area contributed by atoms with Gasteiger partial charge in [0.25, 0.3) is 0 Å². The van der Waals surface area contributed by atoms with Crippen LogP contribution in [0, 0.1) is 5.92 Å². The molecule has 1 aliphatic rings. The highest BCUT2D eigenvalue weighted by Crippen LogP contribution is 2.28. The van der Waals surface area contributed by atoms with E-state index in [4.69, 9.17) is 14.5 Å². The lowest BCUT2D eigenvalue weighted by molar-refractivity contribution is 0.0498. The zero-order chi connectivity index (χ0) is 20.1. The van der Waals surface area contributed by atoms with Gasteiger partial charge in [-0.15, -0.1) is 0 Å². The third-order valence-electron chi connectivity index (χ3n) is 4.95. The maximum Gasteiger partial charge on any atom is 0.356 e. The van der Waals surface area contributed by atoms with Crippen LogP contribution in [0.15, 0.2) is 24.5 Å². The Hall–Kier alpha value is -2.21. The lowest BCUT2D eigenvalue weighted by atomic mass is 9.94. The Labute approximate surface area is 167 Å². The van der Waals surface area contributed by atoms with Crippen LogP contribution in [0.2, 0.25) is 0 Å². The number of carbonyl (C=O) groups excluding carboxylic acids is 1. The molecule has 1 saturated heterocycles. The molecule has 1 fully saturated rings. The molecule has 2 aromatic rings. The van der Waals surface area contributed by atoms with E-state index in [1.807, 2.05) is 13.0 Å². The molecule has 0 bridgehead atoms. The Morgan fingerprint density at radius 3 is 2.75 bits per heavy atom. The Kier molecular flexibility index (Phi) is 6.50. The standard InChI is InChI=1S/C22H31N3O3/c1-5-10-28-20(26)18-13-17(6-9-23-18)19-15-25(21(24-19)22(2,3)4)14-16-7-11-27-12-8-16/h6,9,13,15-16H,5,7-8,10-12,14H2,1-4H3. The molecule has 0 aromatic carbocycles. The predicted octanol–water partition coefficient (Wildman–Crippen LogP) is 4.24. The molecule has 1 aliphatic heterocycles. The van der Waals surface area contributed by atoms with Gasteiger partial charge in [-0.3, -0.25) is 0 Å². The van der Waals surface area contributed by atoms with Gasteiger partial charge in [-0.05, 0) is 37.3 Å². The van der Waals surface area contributed by atoms with Crippen molar-refractivity contribution in [2.75, 3.05) is 19.8 Å². The van der Waals surface area contributed by atoms with Crippen LogP contribution >= 0.6 is 0 Å². The Morgan fingerprint density at radius 2 is 2.07 bits per heavy atom. The molecular weight excluding hydrogens is 354 g/mol. The molecule has 0 radical (unpaired) electrons. The highest BCUT2D eigenvalue weighted by atomic mass is 16.5. The summed E-state index contributed by atoms with van der Waals surface area (Å²) in [7, 11) is 0. The van der Waals surface area contributed by atoms with Crippen LogP contribution in [-0.4, -0.2) is 40.3 Å². The Balaban J connectivity index is 1.88. The molecule has 0 spiro atoms. The lowest BCUT2D eigenvalue weighted by Crippen LogP contribution is -2.24. The van der Waals surface area contributed by atoms with Gasteiger partial charge in [-0.2, -0.15) is 0 Å². The normalized spacial score (nSPS) is 15.6. The van der Waals surface area contributed by atoms with Gasteiger partial charge < -0.3 is 14.0 Å². The lowest BCUT2D eigenvalue weighted by Gasteiger charge is -2.25. The third-order valence-corrected chi connectivity index (χ3v) is 4.95. The van der Waals surface area contributed by atoms with Gasteiger partial charge in [0.05, 0.1) is 12.3 Å². The minimum Gasteiger partial charge on any atom is -0.461 e. The molecule has 0 unspecified atom stereocenters. The number of rotatable bonds is 6. The molecular formula is C22H31N3O3. The topological polar surface area (TPSA) is 66.2 Å². The number of hydrogen-bond acceptors (Lipinski definition) is 5. The monoisotopic (exact) mass is 385 g/mol. The summed E-state index contributed by atoms with van der Waals surface area (Å²) in [6.07, 6.45) is 6.70. The van der Waals surface area contributed by atoms with Crippen LogP contribution in [0.3, 0.4) is 0 Å². The number of pyridine rings is 1. The third kappa shape index (κ3) is 4.98. The Bertz CT molecular complexity index is 802. The van der Waals surface area contributed by atoms with E-state index in [0.29, 0.717) is 18.2 Å². The van der Waals surface area contributed by atoms with Gasteiger partial charge >= 0.3 is 5.97 Å². The molecule has 152 valence electrons. The van der Waals surface area contributed by atoms with E-state index in [-0.39, 0.29) is 11.4 Å². The number of aromatic nitrogens is 3. The van der Waals surface area contributed by atoms with Crippen molar-refractivity contribution in [1.82, 2.24) is 14.5 Å². The minimum atomic E-state index is -0.388. The van der Waals surface area contributed by atoms with Crippen LogP contribution in [-0.2, 0) is 21.4 Å². The summed E-state index contributed by atoms with van der Waals surface area (Å²) in [6.45, 7) is 11.5. The van der Waals surface area contributed by atoms with E-state index < -0.39 is 0 Å². The molecule has 0 N–H and O–H groups in total. The van der Waals surface area contributed by atoms with Crippen LogP contribution in [0.4, 0.5) is 0 Å². The second-order valence-corrected chi connectivity index (χ2v) is 8.47. The van der Waals surface area contributed by atoms with Gasteiger partial charge in [0.1, 0.15) is 11.5 Å². The quantitative estimate of drug-likeness (QED) is 0.696. The van der Waals surface area contributed by atoms with Crippen LogP contribution in [0.5, 0.6) is 0 Å². The molecule has 0 atom stereocenters.